The average molecular weight is 644 g/mol. The molecule has 0 aliphatic carbocycles. The van der Waals surface area contributed by atoms with Crippen LogP contribution in [0.25, 0.3) is 49.4 Å². The maximum atomic E-state index is 5.20. The van der Waals surface area contributed by atoms with Gasteiger partial charge in [0.25, 0.3) is 10.5 Å². The predicted molar refractivity (Wildman–Crippen MR) is 160 cm³/mol. The summed E-state index contributed by atoms with van der Waals surface area (Å²) in [5.41, 5.74) is 10.0. The van der Waals surface area contributed by atoms with Crippen LogP contribution >= 0.6 is 11.3 Å². The number of nitrogens with zero attached hydrogens (tertiary/aromatic N) is 5. The van der Waals surface area contributed by atoms with Crippen LogP contribution < -0.4 is 33.4 Å². The lowest BCUT2D eigenvalue weighted by molar-refractivity contribution is -0.664. The molecule has 7 rings (SSSR count). The molecule has 6 aromatic rings. The number of hydrogen-bond donors (Lipinski definition) is 0. The molecule has 4 heterocycles. The Bertz CT molecular complexity index is 1980. The molecule has 0 N–H and O–H groups in total. The zero-order valence-electron chi connectivity index (χ0n) is 22.7. The molecule has 39 heavy (non-hydrogen) atoms. The number of fused-ring (bicyclic) bond motifs is 7. The predicted octanol–water partition coefficient (Wildman–Crippen LogP) is 4.13. The lowest BCUT2D eigenvalue weighted by Crippen LogP contribution is -3.00. The number of likely N-dealkylation sites (N-methyl/N-ethyl adjacent to an activating group) is 1. The Labute approximate surface area is 249 Å². The number of anilines is 1. The zero-order valence-corrected chi connectivity index (χ0v) is 25.7. The highest BCUT2D eigenvalue weighted by atomic mass is 127. The molecule has 1 aliphatic rings. The molecule has 0 saturated carbocycles. The molecular formula is C32H30IN5S. The van der Waals surface area contributed by atoms with Crippen LogP contribution in [0.1, 0.15) is 31.3 Å². The third-order valence-corrected chi connectivity index (χ3v) is 9.21. The largest absolute Gasteiger partial charge is 1.00 e. The topological polar surface area (TPSA) is 37.8 Å². The molecule has 0 atom stereocenters. The standard InChI is InChI=1S/C32H30N5S.HI/c1-6-37-27(17-11-16-26-32(2,3)21-13-8-10-15-24(21)35(26)4)38-25-19-18-22-29(30(25)37)34-31-28(33-22)20-12-7-9-14-23(20)36(31)5;/h7-19H,6H2,1-5H3;1H/q+1;/p-1. The summed E-state index contributed by atoms with van der Waals surface area (Å²) >= 11 is 1.81. The van der Waals surface area contributed by atoms with E-state index in [4.69, 9.17) is 9.97 Å². The second kappa shape index (κ2) is 9.41. The van der Waals surface area contributed by atoms with Crippen molar-refractivity contribution in [1.82, 2.24) is 14.5 Å². The molecule has 0 bridgehead atoms. The lowest BCUT2D eigenvalue weighted by Gasteiger charge is -2.23. The minimum Gasteiger partial charge on any atom is -1.00 e. The van der Waals surface area contributed by atoms with E-state index in [1.54, 1.807) is 0 Å². The van der Waals surface area contributed by atoms with E-state index in [0.29, 0.717) is 0 Å². The summed E-state index contributed by atoms with van der Waals surface area (Å²) in [4.78, 5) is 12.6. The summed E-state index contributed by atoms with van der Waals surface area (Å²) in [6.45, 7) is 7.67. The smallest absolute Gasteiger partial charge is 0.262 e. The first-order valence-corrected chi connectivity index (χ1v) is 13.9. The van der Waals surface area contributed by atoms with Crippen LogP contribution in [-0.2, 0) is 19.0 Å². The number of halogens is 1. The van der Waals surface area contributed by atoms with Crippen molar-refractivity contribution in [2.45, 2.75) is 32.7 Å². The molecule has 0 saturated heterocycles. The molecule has 3 aromatic carbocycles. The van der Waals surface area contributed by atoms with Crippen LogP contribution in [0.4, 0.5) is 5.69 Å². The third kappa shape index (κ3) is 3.73. The molecule has 7 heteroatoms. The summed E-state index contributed by atoms with van der Waals surface area (Å²) in [5, 5.41) is 2.36. The van der Waals surface area contributed by atoms with Gasteiger partial charge in [-0.05, 0) is 42.8 Å². The average Bonchev–Trinajstić information content (AvgIpc) is 3.50. The summed E-state index contributed by atoms with van der Waals surface area (Å²) < 4.78 is 5.76. The first-order chi connectivity index (χ1) is 18.4. The monoisotopic (exact) mass is 643 g/mol. The van der Waals surface area contributed by atoms with E-state index in [1.165, 1.54) is 26.7 Å². The van der Waals surface area contributed by atoms with Gasteiger partial charge in [-0.3, -0.25) is 0 Å². The molecule has 3 aromatic heterocycles. The Hall–Kier alpha value is -3.30. The Morgan fingerprint density at radius 1 is 0.949 bits per heavy atom. The fraction of sp³-hybridized carbons (Fsp3) is 0.219. The van der Waals surface area contributed by atoms with Gasteiger partial charge < -0.3 is 33.4 Å². The van der Waals surface area contributed by atoms with Gasteiger partial charge in [0, 0.05) is 42.4 Å². The van der Waals surface area contributed by atoms with E-state index in [9.17, 15) is 0 Å². The molecule has 0 radical (unpaired) electrons. The van der Waals surface area contributed by atoms with Crippen molar-refractivity contribution >= 4 is 66.4 Å². The van der Waals surface area contributed by atoms with Crippen molar-refractivity contribution in [1.29, 1.82) is 0 Å². The van der Waals surface area contributed by atoms with Crippen molar-refractivity contribution in [2.24, 2.45) is 7.05 Å². The second-order valence-corrected chi connectivity index (χ2v) is 11.6. The van der Waals surface area contributed by atoms with Crippen molar-refractivity contribution in [3.05, 3.63) is 89.1 Å². The fourth-order valence-electron chi connectivity index (χ4n) is 6.16. The molecule has 0 amide bonds. The van der Waals surface area contributed by atoms with Gasteiger partial charge >= 0.3 is 0 Å². The van der Waals surface area contributed by atoms with Crippen molar-refractivity contribution in [3.8, 4) is 0 Å². The number of aromatic nitrogens is 4. The second-order valence-electron chi connectivity index (χ2n) is 10.5. The summed E-state index contributed by atoms with van der Waals surface area (Å²) in [6, 6.07) is 21.4. The van der Waals surface area contributed by atoms with Crippen LogP contribution in [-0.4, -0.2) is 21.6 Å². The van der Waals surface area contributed by atoms with Crippen LogP contribution in [0.2, 0.25) is 0 Å². The van der Waals surface area contributed by atoms with Crippen LogP contribution in [0.15, 0.2) is 78.5 Å². The number of hydrogen-bond acceptors (Lipinski definition) is 4. The van der Waals surface area contributed by atoms with Gasteiger partial charge in [-0.1, -0.05) is 67.7 Å². The summed E-state index contributed by atoms with van der Waals surface area (Å²) in [7, 11) is 4.24. The number of aryl methyl sites for hydroxylation is 2. The van der Waals surface area contributed by atoms with Crippen LogP contribution in [0.5, 0.6) is 0 Å². The normalized spacial score (nSPS) is 15.8. The van der Waals surface area contributed by atoms with Gasteiger partial charge in [0.05, 0.1) is 11.0 Å². The van der Waals surface area contributed by atoms with Gasteiger partial charge in [0.1, 0.15) is 16.8 Å². The molecule has 1 aliphatic heterocycles. The Balaban J connectivity index is 0.00000277. The number of para-hydroxylation sites is 2. The summed E-state index contributed by atoms with van der Waals surface area (Å²) in [5.74, 6) is 0. The molecule has 0 fully saturated rings. The van der Waals surface area contributed by atoms with Crippen LogP contribution in [0.3, 0.4) is 0 Å². The van der Waals surface area contributed by atoms with Gasteiger partial charge in [-0.2, -0.15) is 4.57 Å². The van der Waals surface area contributed by atoms with Gasteiger partial charge in [-0.25, -0.2) is 9.97 Å². The Morgan fingerprint density at radius 3 is 2.51 bits per heavy atom. The Morgan fingerprint density at radius 2 is 1.72 bits per heavy atom. The zero-order chi connectivity index (χ0) is 26.2. The number of benzene rings is 3. The minimum atomic E-state index is -0.0354. The highest BCUT2D eigenvalue weighted by Gasteiger charge is 2.37. The first kappa shape index (κ1) is 26.0. The van der Waals surface area contributed by atoms with Gasteiger partial charge in [0.2, 0.25) is 0 Å². The van der Waals surface area contributed by atoms with E-state index in [1.807, 2.05) is 11.3 Å². The molecule has 0 unspecified atom stereocenters. The van der Waals surface area contributed by atoms with Gasteiger partial charge in [0.15, 0.2) is 11.2 Å². The van der Waals surface area contributed by atoms with E-state index in [2.05, 4.69) is 128 Å². The quantitative estimate of drug-likeness (QED) is 0.215. The van der Waals surface area contributed by atoms with Crippen molar-refractivity contribution in [3.63, 3.8) is 0 Å². The van der Waals surface area contributed by atoms with Gasteiger partial charge in [-0.15, -0.1) is 0 Å². The fourth-order valence-corrected chi connectivity index (χ4v) is 7.30. The molecular weight excluding hydrogens is 613 g/mol. The van der Waals surface area contributed by atoms with Crippen molar-refractivity contribution in [2.75, 3.05) is 11.9 Å². The molecule has 196 valence electrons. The van der Waals surface area contributed by atoms with E-state index < -0.39 is 0 Å². The number of rotatable bonds is 3. The van der Waals surface area contributed by atoms with Crippen LogP contribution in [0, 0.1) is 0 Å². The maximum Gasteiger partial charge on any atom is 0.262 e. The highest BCUT2D eigenvalue weighted by molar-refractivity contribution is 7.19. The third-order valence-electron chi connectivity index (χ3n) is 8.09. The lowest BCUT2D eigenvalue weighted by atomic mass is 9.84. The number of thiazole rings is 1. The Kier molecular flexibility index (Phi) is 6.26. The summed E-state index contributed by atoms with van der Waals surface area (Å²) in [6.07, 6.45) is 6.70. The number of allylic oxidation sites excluding steroid dienone is 3. The highest BCUT2D eigenvalue weighted by Crippen LogP contribution is 2.46. The minimum absolute atomic E-state index is 0. The van der Waals surface area contributed by atoms with Crippen molar-refractivity contribution < 1.29 is 28.5 Å². The molecule has 5 nitrogen and oxygen atoms in total. The van der Waals surface area contributed by atoms with E-state index in [0.717, 1.165) is 45.2 Å². The van der Waals surface area contributed by atoms with E-state index in [-0.39, 0.29) is 29.4 Å². The maximum absolute atomic E-state index is 5.20. The van der Waals surface area contributed by atoms with E-state index >= 15 is 0 Å². The molecule has 0 spiro atoms. The SMILES string of the molecule is CC[n+]1c(/C=C/C=C2\N(C)c3ccccc3C2(C)C)sc2ccc3nc4c5ccccc5n(C)c4nc3c21.[I-]. The first-order valence-electron chi connectivity index (χ1n) is 13.1.